The number of benzene rings is 1. The van der Waals surface area contributed by atoms with Crippen LogP contribution < -0.4 is 15.6 Å². The van der Waals surface area contributed by atoms with Gasteiger partial charge in [0.05, 0.1) is 5.56 Å². The molecule has 26 heavy (non-hydrogen) atoms. The number of ether oxygens (including phenoxy) is 1. The molecule has 0 saturated heterocycles. The number of carbonyl (C=O) groups excluding carboxylic acids is 2. The van der Waals surface area contributed by atoms with Gasteiger partial charge in [-0.2, -0.15) is 13.2 Å². The highest BCUT2D eigenvalue weighted by Gasteiger charge is 2.32. The third kappa shape index (κ3) is 5.20. The van der Waals surface area contributed by atoms with Crippen molar-refractivity contribution >= 4 is 11.8 Å². The SMILES string of the molecule is Cc1ccc(C)c(OCC(=O)NNC(=O)c2ccc(C(F)(F)F)nc2)c1. The number of hydrogen-bond donors (Lipinski definition) is 2. The Morgan fingerprint density at radius 3 is 2.46 bits per heavy atom. The Hall–Kier alpha value is -3.10. The molecule has 0 aliphatic rings. The Morgan fingerprint density at radius 2 is 1.85 bits per heavy atom. The molecule has 0 aliphatic carbocycles. The summed E-state index contributed by atoms with van der Waals surface area (Å²) in [6.07, 6.45) is -3.81. The number of alkyl halides is 3. The van der Waals surface area contributed by atoms with Crippen molar-refractivity contribution in [3.63, 3.8) is 0 Å². The zero-order valence-corrected chi connectivity index (χ0v) is 14.0. The maximum atomic E-state index is 12.4. The van der Waals surface area contributed by atoms with Crippen LogP contribution in [0.3, 0.4) is 0 Å². The van der Waals surface area contributed by atoms with E-state index in [1.165, 1.54) is 0 Å². The lowest BCUT2D eigenvalue weighted by atomic mass is 10.1. The van der Waals surface area contributed by atoms with Crippen molar-refractivity contribution in [1.29, 1.82) is 0 Å². The first-order valence-electron chi connectivity index (χ1n) is 7.49. The molecule has 1 heterocycles. The number of amides is 2. The van der Waals surface area contributed by atoms with Gasteiger partial charge in [0.2, 0.25) is 0 Å². The van der Waals surface area contributed by atoms with Crippen molar-refractivity contribution in [3.05, 3.63) is 58.9 Å². The van der Waals surface area contributed by atoms with Crippen molar-refractivity contribution in [1.82, 2.24) is 15.8 Å². The Balaban J connectivity index is 1.85. The lowest BCUT2D eigenvalue weighted by Crippen LogP contribution is -2.43. The molecule has 2 amide bonds. The summed E-state index contributed by atoms with van der Waals surface area (Å²) in [5.74, 6) is -0.885. The number of hydrogen-bond acceptors (Lipinski definition) is 4. The molecule has 0 saturated carbocycles. The number of nitrogens with zero attached hydrogens (tertiary/aromatic N) is 1. The van der Waals surface area contributed by atoms with E-state index in [0.29, 0.717) is 11.8 Å². The third-order valence-corrected chi connectivity index (χ3v) is 3.33. The molecule has 0 aliphatic heterocycles. The van der Waals surface area contributed by atoms with Crippen LogP contribution in [0, 0.1) is 13.8 Å². The molecular formula is C17H16F3N3O3. The normalized spacial score (nSPS) is 11.0. The van der Waals surface area contributed by atoms with E-state index in [9.17, 15) is 22.8 Å². The minimum Gasteiger partial charge on any atom is -0.483 e. The molecule has 6 nitrogen and oxygen atoms in total. The maximum absolute atomic E-state index is 12.4. The van der Waals surface area contributed by atoms with Gasteiger partial charge in [0.25, 0.3) is 11.8 Å². The summed E-state index contributed by atoms with van der Waals surface area (Å²) >= 11 is 0. The van der Waals surface area contributed by atoms with Gasteiger partial charge in [0.15, 0.2) is 6.61 Å². The number of hydrazine groups is 1. The summed E-state index contributed by atoms with van der Waals surface area (Å²) in [4.78, 5) is 26.7. The number of aromatic nitrogens is 1. The van der Waals surface area contributed by atoms with E-state index in [2.05, 4.69) is 15.8 Å². The molecular weight excluding hydrogens is 351 g/mol. The number of nitrogens with one attached hydrogen (secondary N) is 2. The minimum atomic E-state index is -4.59. The van der Waals surface area contributed by atoms with E-state index in [0.717, 1.165) is 23.4 Å². The third-order valence-electron chi connectivity index (χ3n) is 3.33. The van der Waals surface area contributed by atoms with Crippen molar-refractivity contribution in [3.8, 4) is 5.75 Å². The molecule has 0 bridgehead atoms. The second-order valence-electron chi connectivity index (χ2n) is 5.49. The topological polar surface area (TPSA) is 80.3 Å². The van der Waals surface area contributed by atoms with E-state index in [1.807, 2.05) is 26.0 Å². The monoisotopic (exact) mass is 367 g/mol. The molecule has 0 radical (unpaired) electrons. The number of rotatable bonds is 4. The van der Waals surface area contributed by atoms with E-state index in [-0.39, 0.29) is 12.2 Å². The molecule has 0 spiro atoms. The van der Waals surface area contributed by atoms with Gasteiger partial charge in [0.1, 0.15) is 11.4 Å². The largest absolute Gasteiger partial charge is 0.483 e. The molecule has 2 rings (SSSR count). The standard InChI is InChI=1S/C17H16F3N3O3/c1-10-3-4-11(2)13(7-10)26-9-15(24)22-23-16(25)12-5-6-14(21-8-12)17(18,19)20/h3-8H,9H2,1-2H3,(H,22,24)(H,23,25). The zero-order valence-electron chi connectivity index (χ0n) is 14.0. The summed E-state index contributed by atoms with van der Waals surface area (Å²) in [7, 11) is 0. The van der Waals surface area contributed by atoms with Crippen molar-refractivity contribution < 1.29 is 27.5 Å². The van der Waals surface area contributed by atoms with Crippen LogP contribution in [0.25, 0.3) is 0 Å². The van der Waals surface area contributed by atoms with Crippen LogP contribution in [0.15, 0.2) is 36.5 Å². The quantitative estimate of drug-likeness (QED) is 0.814. The van der Waals surface area contributed by atoms with Crippen LogP contribution in [-0.4, -0.2) is 23.4 Å². The summed E-state index contributed by atoms with van der Waals surface area (Å²) in [5, 5.41) is 0. The number of carbonyl (C=O) groups is 2. The molecule has 9 heteroatoms. The average Bonchev–Trinajstić information content (AvgIpc) is 2.59. The van der Waals surface area contributed by atoms with E-state index < -0.39 is 23.7 Å². The van der Waals surface area contributed by atoms with Gasteiger partial charge in [0, 0.05) is 6.20 Å². The highest BCUT2D eigenvalue weighted by molar-refractivity contribution is 5.95. The number of pyridine rings is 1. The molecule has 0 unspecified atom stereocenters. The zero-order chi connectivity index (χ0) is 19.3. The summed E-state index contributed by atoms with van der Waals surface area (Å²) < 4.78 is 42.6. The highest BCUT2D eigenvalue weighted by Crippen LogP contribution is 2.27. The predicted octanol–water partition coefficient (Wildman–Crippen LogP) is 2.56. The van der Waals surface area contributed by atoms with Gasteiger partial charge < -0.3 is 4.74 Å². The fourth-order valence-electron chi connectivity index (χ4n) is 1.94. The Labute approximate surface area is 147 Å². The predicted molar refractivity (Wildman–Crippen MR) is 86.3 cm³/mol. The summed E-state index contributed by atoms with van der Waals surface area (Å²) in [6.45, 7) is 3.37. The molecule has 0 fully saturated rings. The van der Waals surface area contributed by atoms with E-state index in [4.69, 9.17) is 4.74 Å². The minimum absolute atomic E-state index is 0.131. The van der Waals surface area contributed by atoms with Crippen LogP contribution in [0.5, 0.6) is 5.75 Å². The van der Waals surface area contributed by atoms with Gasteiger partial charge in [-0.15, -0.1) is 0 Å². The fourth-order valence-corrected chi connectivity index (χ4v) is 1.94. The van der Waals surface area contributed by atoms with Crippen LogP contribution >= 0.6 is 0 Å². The molecule has 2 aromatic rings. The fraction of sp³-hybridized carbons (Fsp3) is 0.235. The number of aryl methyl sites for hydroxylation is 2. The van der Waals surface area contributed by atoms with Crippen LogP contribution in [0.2, 0.25) is 0 Å². The Kier molecular flexibility index (Phi) is 5.81. The van der Waals surface area contributed by atoms with Gasteiger partial charge in [-0.1, -0.05) is 12.1 Å². The van der Waals surface area contributed by atoms with Crippen molar-refractivity contribution in [2.75, 3.05) is 6.61 Å². The summed E-state index contributed by atoms with van der Waals surface area (Å²) in [5.41, 5.74) is 4.77. The van der Waals surface area contributed by atoms with Gasteiger partial charge in [-0.25, -0.2) is 0 Å². The van der Waals surface area contributed by atoms with E-state index >= 15 is 0 Å². The first-order chi connectivity index (χ1) is 12.2. The first-order valence-corrected chi connectivity index (χ1v) is 7.49. The molecule has 0 atom stereocenters. The van der Waals surface area contributed by atoms with Crippen LogP contribution in [0.1, 0.15) is 27.2 Å². The first kappa shape index (κ1) is 19.2. The molecule has 1 aromatic heterocycles. The van der Waals surface area contributed by atoms with Gasteiger partial charge in [-0.3, -0.25) is 25.4 Å². The Bertz CT molecular complexity index is 805. The van der Waals surface area contributed by atoms with Crippen LogP contribution in [-0.2, 0) is 11.0 Å². The summed E-state index contributed by atoms with van der Waals surface area (Å²) in [6, 6.07) is 7.17. The lowest BCUT2D eigenvalue weighted by Gasteiger charge is -2.11. The van der Waals surface area contributed by atoms with Crippen molar-refractivity contribution in [2.24, 2.45) is 0 Å². The second-order valence-corrected chi connectivity index (χ2v) is 5.49. The van der Waals surface area contributed by atoms with Gasteiger partial charge >= 0.3 is 6.18 Å². The highest BCUT2D eigenvalue weighted by atomic mass is 19.4. The average molecular weight is 367 g/mol. The molecule has 138 valence electrons. The van der Waals surface area contributed by atoms with Crippen LogP contribution in [0.4, 0.5) is 13.2 Å². The molecule has 2 N–H and O–H groups in total. The lowest BCUT2D eigenvalue weighted by molar-refractivity contribution is -0.141. The second kappa shape index (κ2) is 7.85. The number of halogens is 3. The van der Waals surface area contributed by atoms with Gasteiger partial charge in [-0.05, 0) is 43.2 Å². The maximum Gasteiger partial charge on any atom is 0.433 e. The smallest absolute Gasteiger partial charge is 0.433 e. The Morgan fingerprint density at radius 1 is 1.12 bits per heavy atom. The van der Waals surface area contributed by atoms with E-state index in [1.54, 1.807) is 6.07 Å². The van der Waals surface area contributed by atoms with Crippen molar-refractivity contribution in [2.45, 2.75) is 20.0 Å². The molecule has 1 aromatic carbocycles.